The molecule has 0 saturated carbocycles. The summed E-state index contributed by atoms with van der Waals surface area (Å²) >= 11 is 3.49. The third-order valence-corrected chi connectivity index (χ3v) is 3.44. The summed E-state index contributed by atoms with van der Waals surface area (Å²) in [5, 5.41) is 7.03. The van der Waals surface area contributed by atoms with Gasteiger partial charge in [-0.05, 0) is 49.6 Å². The summed E-state index contributed by atoms with van der Waals surface area (Å²) in [5.74, 6) is 0.714. The highest BCUT2D eigenvalue weighted by Gasteiger charge is 2.04. The SMILES string of the molecule is Cc1cc(Br)ccc1CNC(C)CNCC(C)C. The lowest BCUT2D eigenvalue weighted by Gasteiger charge is -2.16. The lowest BCUT2D eigenvalue weighted by atomic mass is 10.1. The van der Waals surface area contributed by atoms with Crippen molar-refractivity contribution in [3.05, 3.63) is 33.8 Å². The van der Waals surface area contributed by atoms with E-state index in [0.29, 0.717) is 12.0 Å². The average Bonchev–Trinajstić information content (AvgIpc) is 2.27. The first kappa shape index (κ1) is 15.7. The van der Waals surface area contributed by atoms with Crippen LogP contribution in [-0.2, 0) is 6.54 Å². The lowest BCUT2D eigenvalue weighted by Crippen LogP contribution is -2.37. The third kappa shape index (κ3) is 5.98. The second kappa shape index (κ2) is 7.93. The van der Waals surface area contributed by atoms with Crippen LogP contribution in [0.25, 0.3) is 0 Å². The molecule has 0 aliphatic carbocycles. The van der Waals surface area contributed by atoms with Crippen LogP contribution in [0.4, 0.5) is 0 Å². The van der Waals surface area contributed by atoms with Gasteiger partial charge in [-0.1, -0.05) is 35.8 Å². The van der Waals surface area contributed by atoms with Crippen LogP contribution in [0.3, 0.4) is 0 Å². The number of benzene rings is 1. The molecule has 0 bridgehead atoms. The first-order valence-corrected chi connectivity index (χ1v) is 7.47. The molecule has 1 aromatic rings. The molecule has 0 aromatic heterocycles. The van der Waals surface area contributed by atoms with Crippen LogP contribution < -0.4 is 10.6 Å². The van der Waals surface area contributed by atoms with Gasteiger partial charge in [0.15, 0.2) is 0 Å². The van der Waals surface area contributed by atoms with E-state index in [9.17, 15) is 0 Å². The Morgan fingerprint density at radius 3 is 2.50 bits per heavy atom. The maximum Gasteiger partial charge on any atom is 0.0211 e. The third-order valence-electron chi connectivity index (χ3n) is 2.95. The molecule has 0 aliphatic rings. The molecule has 0 amide bonds. The molecule has 18 heavy (non-hydrogen) atoms. The van der Waals surface area contributed by atoms with E-state index in [2.05, 4.69) is 72.5 Å². The van der Waals surface area contributed by atoms with Crippen molar-refractivity contribution >= 4 is 15.9 Å². The highest BCUT2D eigenvalue weighted by atomic mass is 79.9. The molecule has 2 N–H and O–H groups in total. The summed E-state index contributed by atoms with van der Waals surface area (Å²) in [6.45, 7) is 11.9. The molecule has 0 saturated heterocycles. The first-order chi connectivity index (χ1) is 8.49. The highest BCUT2D eigenvalue weighted by molar-refractivity contribution is 9.10. The predicted octanol–water partition coefficient (Wildman–Crippen LogP) is 3.48. The molecule has 0 radical (unpaired) electrons. The van der Waals surface area contributed by atoms with E-state index in [1.807, 2.05) is 0 Å². The van der Waals surface area contributed by atoms with Gasteiger partial charge in [0.2, 0.25) is 0 Å². The van der Waals surface area contributed by atoms with Crippen LogP contribution in [0.15, 0.2) is 22.7 Å². The molecule has 0 heterocycles. The van der Waals surface area contributed by atoms with E-state index in [0.717, 1.165) is 24.1 Å². The molecule has 0 spiro atoms. The zero-order chi connectivity index (χ0) is 13.5. The molecule has 102 valence electrons. The minimum Gasteiger partial charge on any atom is -0.315 e. The number of nitrogens with one attached hydrogen (secondary N) is 2. The minimum absolute atomic E-state index is 0.492. The van der Waals surface area contributed by atoms with E-state index in [1.54, 1.807) is 0 Å². The van der Waals surface area contributed by atoms with Crippen molar-refractivity contribution in [3.63, 3.8) is 0 Å². The van der Waals surface area contributed by atoms with Crippen molar-refractivity contribution in [2.75, 3.05) is 13.1 Å². The fourth-order valence-corrected chi connectivity index (χ4v) is 2.28. The summed E-state index contributed by atoms with van der Waals surface area (Å²) < 4.78 is 1.15. The molecule has 1 atom stereocenters. The second-order valence-electron chi connectivity index (χ2n) is 5.40. The minimum atomic E-state index is 0.492. The van der Waals surface area contributed by atoms with E-state index in [-0.39, 0.29) is 0 Å². The highest BCUT2D eigenvalue weighted by Crippen LogP contribution is 2.15. The topological polar surface area (TPSA) is 24.1 Å². The Balaban J connectivity index is 2.31. The van der Waals surface area contributed by atoms with Crippen molar-refractivity contribution in [2.45, 2.75) is 40.3 Å². The standard InChI is InChI=1S/C15H25BrN2/c1-11(2)8-17-9-13(4)18-10-14-5-6-15(16)7-12(14)3/h5-7,11,13,17-18H,8-10H2,1-4H3. The fraction of sp³-hybridized carbons (Fsp3) is 0.600. The predicted molar refractivity (Wildman–Crippen MR) is 82.9 cm³/mol. The normalized spacial score (nSPS) is 13.0. The zero-order valence-electron chi connectivity index (χ0n) is 11.9. The fourth-order valence-electron chi connectivity index (χ4n) is 1.80. The maximum absolute atomic E-state index is 3.56. The van der Waals surface area contributed by atoms with Crippen LogP contribution >= 0.6 is 15.9 Å². The molecular formula is C15H25BrN2. The van der Waals surface area contributed by atoms with Crippen LogP contribution in [-0.4, -0.2) is 19.1 Å². The number of rotatable bonds is 7. The second-order valence-corrected chi connectivity index (χ2v) is 6.32. The van der Waals surface area contributed by atoms with Crippen LogP contribution in [0.5, 0.6) is 0 Å². The van der Waals surface area contributed by atoms with Crippen LogP contribution in [0.2, 0.25) is 0 Å². The number of hydrogen-bond acceptors (Lipinski definition) is 2. The molecule has 1 aromatic carbocycles. The Morgan fingerprint density at radius 1 is 1.17 bits per heavy atom. The van der Waals surface area contributed by atoms with E-state index < -0.39 is 0 Å². The monoisotopic (exact) mass is 312 g/mol. The molecule has 1 rings (SSSR count). The quantitative estimate of drug-likeness (QED) is 0.805. The van der Waals surface area contributed by atoms with E-state index >= 15 is 0 Å². The maximum atomic E-state index is 3.56. The molecule has 2 nitrogen and oxygen atoms in total. The van der Waals surface area contributed by atoms with Crippen molar-refractivity contribution < 1.29 is 0 Å². The number of aryl methyl sites for hydroxylation is 1. The van der Waals surface area contributed by atoms with E-state index in [4.69, 9.17) is 0 Å². The van der Waals surface area contributed by atoms with Gasteiger partial charge >= 0.3 is 0 Å². The smallest absolute Gasteiger partial charge is 0.0211 e. The Kier molecular flexibility index (Phi) is 6.90. The van der Waals surface area contributed by atoms with Gasteiger partial charge in [-0.3, -0.25) is 0 Å². The van der Waals surface area contributed by atoms with Gasteiger partial charge < -0.3 is 10.6 Å². The molecule has 0 aliphatic heterocycles. The molecule has 0 fully saturated rings. The van der Waals surface area contributed by atoms with Gasteiger partial charge in [0, 0.05) is 23.6 Å². The Morgan fingerprint density at radius 2 is 1.89 bits per heavy atom. The average molecular weight is 313 g/mol. The largest absolute Gasteiger partial charge is 0.315 e. The summed E-state index contributed by atoms with van der Waals surface area (Å²) in [6.07, 6.45) is 0. The van der Waals surface area contributed by atoms with Gasteiger partial charge in [0.25, 0.3) is 0 Å². The van der Waals surface area contributed by atoms with Gasteiger partial charge in [-0.25, -0.2) is 0 Å². The number of halogens is 1. The van der Waals surface area contributed by atoms with Gasteiger partial charge in [-0.15, -0.1) is 0 Å². The van der Waals surface area contributed by atoms with Gasteiger partial charge in [-0.2, -0.15) is 0 Å². The summed E-state index contributed by atoms with van der Waals surface area (Å²) in [5.41, 5.74) is 2.70. The van der Waals surface area contributed by atoms with Crippen molar-refractivity contribution in [1.82, 2.24) is 10.6 Å². The first-order valence-electron chi connectivity index (χ1n) is 6.68. The molecular weight excluding hydrogens is 288 g/mol. The van der Waals surface area contributed by atoms with Crippen molar-refractivity contribution in [2.24, 2.45) is 5.92 Å². The van der Waals surface area contributed by atoms with Gasteiger partial charge in [0.1, 0.15) is 0 Å². The van der Waals surface area contributed by atoms with Crippen LogP contribution in [0.1, 0.15) is 31.9 Å². The summed E-state index contributed by atoms with van der Waals surface area (Å²) in [4.78, 5) is 0. The zero-order valence-corrected chi connectivity index (χ0v) is 13.5. The van der Waals surface area contributed by atoms with Crippen LogP contribution in [0, 0.1) is 12.8 Å². The van der Waals surface area contributed by atoms with E-state index in [1.165, 1.54) is 11.1 Å². The Labute approximate surface area is 120 Å². The van der Waals surface area contributed by atoms with Crippen molar-refractivity contribution in [3.8, 4) is 0 Å². The summed E-state index contributed by atoms with van der Waals surface area (Å²) in [6, 6.07) is 6.94. The van der Waals surface area contributed by atoms with Gasteiger partial charge in [0.05, 0.1) is 0 Å². The lowest BCUT2D eigenvalue weighted by molar-refractivity contribution is 0.472. The number of hydrogen-bond donors (Lipinski definition) is 2. The molecule has 3 heteroatoms. The summed E-state index contributed by atoms with van der Waals surface area (Å²) in [7, 11) is 0. The Hall–Kier alpha value is -0.380. The Bertz CT molecular complexity index is 364. The molecule has 1 unspecified atom stereocenters. The van der Waals surface area contributed by atoms with Crippen molar-refractivity contribution in [1.29, 1.82) is 0 Å².